The Kier molecular flexibility index (Phi) is 6.31. The SMILES string of the molecule is CCOc1ccc2nc(N3C(=O)C(O)=C(C(=O)c4cc5ccccc5o4)C3c3ccc(C(=O)OC)cc3)sc2c1. The minimum atomic E-state index is -1.04. The molecule has 0 radical (unpaired) electrons. The molecule has 0 bridgehead atoms. The standard InChI is InChI=1S/C30H22N2O7S/c1-3-38-19-12-13-20-23(15-19)40-30(31-20)32-25(16-8-10-17(11-9-16)29(36)37-2)24(27(34)28(32)35)26(33)22-14-18-6-4-5-7-21(18)39-22/h4-15,25,34H,3H2,1-2H3. The molecule has 0 aliphatic carbocycles. The van der Waals surface area contributed by atoms with Gasteiger partial charge in [-0.25, -0.2) is 9.78 Å². The molecule has 200 valence electrons. The number of benzene rings is 3. The van der Waals surface area contributed by atoms with Gasteiger partial charge in [0.05, 0.1) is 41.1 Å². The van der Waals surface area contributed by atoms with Crippen molar-refractivity contribution in [3.05, 3.63) is 101 Å². The Labute approximate surface area is 231 Å². The molecule has 0 saturated heterocycles. The molecule has 0 spiro atoms. The smallest absolute Gasteiger partial charge is 0.337 e. The zero-order chi connectivity index (χ0) is 28.0. The number of nitrogens with zero attached hydrogens (tertiary/aromatic N) is 2. The highest BCUT2D eigenvalue weighted by molar-refractivity contribution is 7.22. The van der Waals surface area contributed by atoms with Crippen LogP contribution in [0.1, 0.15) is 39.4 Å². The molecule has 40 heavy (non-hydrogen) atoms. The number of amides is 1. The number of para-hydroxylation sites is 1. The first-order valence-corrected chi connectivity index (χ1v) is 13.2. The van der Waals surface area contributed by atoms with Gasteiger partial charge in [0.25, 0.3) is 5.91 Å². The van der Waals surface area contributed by atoms with Crippen LogP contribution in [0.4, 0.5) is 5.13 Å². The number of furan rings is 1. The Morgan fingerprint density at radius 1 is 1.07 bits per heavy atom. The zero-order valence-electron chi connectivity index (χ0n) is 21.4. The van der Waals surface area contributed by atoms with Crippen LogP contribution in [0.3, 0.4) is 0 Å². The first-order chi connectivity index (χ1) is 19.4. The lowest BCUT2D eigenvalue weighted by atomic mass is 9.94. The largest absolute Gasteiger partial charge is 0.503 e. The van der Waals surface area contributed by atoms with Crippen molar-refractivity contribution < 1.29 is 33.4 Å². The van der Waals surface area contributed by atoms with E-state index in [1.807, 2.05) is 19.1 Å². The number of carbonyl (C=O) groups is 3. The number of hydrogen-bond acceptors (Lipinski definition) is 9. The topological polar surface area (TPSA) is 119 Å². The minimum Gasteiger partial charge on any atom is -0.503 e. The third kappa shape index (κ3) is 4.18. The normalized spacial score (nSPS) is 15.3. The molecule has 3 aromatic carbocycles. The van der Waals surface area contributed by atoms with Gasteiger partial charge in [-0.05, 0) is 55.0 Å². The number of methoxy groups -OCH3 is 1. The number of carbonyl (C=O) groups excluding carboxylic acids is 3. The second-order valence-electron chi connectivity index (χ2n) is 8.99. The summed E-state index contributed by atoms with van der Waals surface area (Å²) in [6, 6.07) is 19.4. The van der Waals surface area contributed by atoms with E-state index in [0.717, 1.165) is 4.70 Å². The van der Waals surface area contributed by atoms with E-state index in [2.05, 4.69) is 4.98 Å². The summed E-state index contributed by atoms with van der Waals surface area (Å²) in [5.41, 5.74) is 1.77. The van der Waals surface area contributed by atoms with E-state index < -0.39 is 29.5 Å². The van der Waals surface area contributed by atoms with Gasteiger partial charge in [0.15, 0.2) is 16.7 Å². The molecule has 1 aliphatic heterocycles. The van der Waals surface area contributed by atoms with Crippen LogP contribution in [0.15, 0.2) is 88.5 Å². The maximum atomic E-state index is 13.8. The summed E-state index contributed by atoms with van der Waals surface area (Å²) in [7, 11) is 1.28. The van der Waals surface area contributed by atoms with Crippen molar-refractivity contribution in [2.24, 2.45) is 0 Å². The second-order valence-corrected chi connectivity index (χ2v) is 10.00. The molecule has 9 nitrogen and oxygen atoms in total. The highest BCUT2D eigenvalue weighted by atomic mass is 32.1. The van der Waals surface area contributed by atoms with Crippen molar-refractivity contribution >= 4 is 55.3 Å². The fourth-order valence-corrected chi connectivity index (χ4v) is 5.77. The lowest BCUT2D eigenvalue weighted by Gasteiger charge is -2.24. The minimum absolute atomic E-state index is 0.0146. The Balaban J connectivity index is 1.48. The van der Waals surface area contributed by atoms with Crippen LogP contribution in [0.5, 0.6) is 5.75 Å². The Hall–Kier alpha value is -4.96. The van der Waals surface area contributed by atoms with E-state index in [1.165, 1.54) is 35.5 Å². The molecule has 3 heterocycles. The summed E-state index contributed by atoms with van der Waals surface area (Å²) >= 11 is 1.23. The summed E-state index contributed by atoms with van der Waals surface area (Å²) in [6.07, 6.45) is 0. The Morgan fingerprint density at radius 3 is 2.58 bits per heavy atom. The number of ketones is 1. The molecule has 1 aliphatic rings. The highest BCUT2D eigenvalue weighted by Gasteiger charge is 2.46. The molecule has 10 heteroatoms. The number of aromatic nitrogens is 1. The van der Waals surface area contributed by atoms with Crippen LogP contribution in [-0.4, -0.2) is 41.5 Å². The number of fused-ring (bicyclic) bond motifs is 2. The molecule has 5 aromatic rings. The van der Waals surface area contributed by atoms with Crippen LogP contribution >= 0.6 is 11.3 Å². The number of esters is 1. The van der Waals surface area contributed by atoms with Gasteiger partial charge in [-0.3, -0.25) is 14.5 Å². The number of ether oxygens (including phenoxy) is 2. The van der Waals surface area contributed by atoms with Gasteiger partial charge in [0, 0.05) is 5.39 Å². The summed E-state index contributed by atoms with van der Waals surface area (Å²) in [6.45, 7) is 2.38. The number of aliphatic hydroxyl groups is 1. The average molecular weight is 555 g/mol. The zero-order valence-corrected chi connectivity index (χ0v) is 22.2. The number of aliphatic hydroxyl groups excluding tert-OH is 1. The summed E-state index contributed by atoms with van der Waals surface area (Å²) in [5, 5.41) is 12.1. The first kappa shape index (κ1) is 25.3. The van der Waals surface area contributed by atoms with Gasteiger partial charge in [-0.2, -0.15) is 0 Å². The van der Waals surface area contributed by atoms with E-state index in [0.29, 0.717) is 40.0 Å². The van der Waals surface area contributed by atoms with Gasteiger partial charge in [0.1, 0.15) is 11.3 Å². The number of rotatable bonds is 7. The van der Waals surface area contributed by atoms with Crippen molar-refractivity contribution in [3.8, 4) is 5.75 Å². The third-order valence-corrected chi connectivity index (χ3v) is 7.63. The van der Waals surface area contributed by atoms with Crippen molar-refractivity contribution in [2.75, 3.05) is 18.6 Å². The molecule has 6 rings (SSSR count). The maximum Gasteiger partial charge on any atom is 0.337 e. The van der Waals surface area contributed by atoms with E-state index in [9.17, 15) is 19.5 Å². The summed E-state index contributed by atoms with van der Waals surface area (Å²) in [5.74, 6) is -1.98. The van der Waals surface area contributed by atoms with Crippen LogP contribution in [0.25, 0.3) is 21.2 Å². The molecular weight excluding hydrogens is 532 g/mol. The van der Waals surface area contributed by atoms with Crippen molar-refractivity contribution in [3.63, 3.8) is 0 Å². The lowest BCUT2D eigenvalue weighted by molar-refractivity contribution is -0.117. The van der Waals surface area contributed by atoms with Gasteiger partial charge in [-0.15, -0.1) is 0 Å². The first-order valence-electron chi connectivity index (χ1n) is 12.4. The summed E-state index contributed by atoms with van der Waals surface area (Å²) in [4.78, 5) is 45.4. The average Bonchev–Trinajstić information content (AvgIpc) is 3.66. The highest BCUT2D eigenvalue weighted by Crippen LogP contribution is 2.45. The number of Topliss-reactive ketones (excluding diaryl/α,β-unsaturated/α-hetero) is 1. The molecule has 1 unspecified atom stereocenters. The molecule has 1 amide bonds. The van der Waals surface area contributed by atoms with E-state index in [1.54, 1.807) is 48.5 Å². The quantitative estimate of drug-likeness (QED) is 0.192. The molecular formula is C30H22N2O7S. The predicted molar refractivity (Wildman–Crippen MR) is 149 cm³/mol. The monoisotopic (exact) mass is 554 g/mol. The van der Waals surface area contributed by atoms with Gasteiger partial charge < -0.3 is 19.0 Å². The van der Waals surface area contributed by atoms with Crippen molar-refractivity contribution in [1.29, 1.82) is 0 Å². The van der Waals surface area contributed by atoms with E-state index in [4.69, 9.17) is 13.9 Å². The molecule has 1 N–H and O–H groups in total. The van der Waals surface area contributed by atoms with Crippen LogP contribution in [0, 0.1) is 0 Å². The van der Waals surface area contributed by atoms with Crippen LogP contribution in [0.2, 0.25) is 0 Å². The lowest BCUT2D eigenvalue weighted by Crippen LogP contribution is -2.31. The van der Waals surface area contributed by atoms with Gasteiger partial charge in [-0.1, -0.05) is 41.7 Å². The molecule has 0 fully saturated rings. The molecule has 2 aromatic heterocycles. The van der Waals surface area contributed by atoms with Crippen LogP contribution in [-0.2, 0) is 9.53 Å². The second kappa shape index (κ2) is 9.97. The Morgan fingerprint density at radius 2 is 1.85 bits per heavy atom. The predicted octanol–water partition coefficient (Wildman–Crippen LogP) is 6.01. The van der Waals surface area contributed by atoms with Crippen molar-refractivity contribution in [1.82, 2.24) is 4.98 Å². The number of anilines is 1. The fraction of sp³-hybridized carbons (Fsp3) is 0.133. The van der Waals surface area contributed by atoms with E-state index >= 15 is 0 Å². The van der Waals surface area contributed by atoms with Crippen LogP contribution < -0.4 is 9.64 Å². The number of thiazole rings is 1. The van der Waals surface area contributed by atoms with Gasteiger partial charge in [0.2, 0.25) is 5.78 Å². The molecule has 0 saturated carbocycles. The maximum absolute atomic E-state index is 13.8. The summed E-state index contributed by atoms with van der Waals surface area (Å²) < 4.78 is 16.9. The van der Waals surface area contributed by atoms with Crippen molar-refractivity contribution in [2.45, 2.75) is 13.0 Å². The Bertz CT molecular complexity index is 1800. The molecule has 1 atom stereocenters. The fourth-order valence-electron chi connectivity index (χ4n) is 4.75. The number of hydrogen-bond donors (Lipinski definition) is 1. The van der Waals surface area contributed by atoms with Gasteiger partial charge >= 0.3 is 5.97 Å². The third-order valence-electron chi connectivity index (χ3n) is 6.62. The van der Waals surface area contributed by atoms with E-state index in [-0.39, 0.29) is 16.5 Å².